The molecule has 0 atom stereocenters. The SMILES string of the molecule is O=C(CN(CCc1ccccc1)C(=O)c1ccc(Cl)cc1)N1CCNCC1. The van der Waals surface area contributed by atoms with Gasteiger partial charge in [-0.2, -0.15) is 0 Å². The first-order valence-corrected chi connectivity index (χ1v) is 9.58. The second-order valence-corrected chi connectivity index (χ2v) is 7.04. The third-order valence-electron chi connectivity index (χ3n) is 4.69. The molecule has 1 aliphatic rings. The Morgan fingerprint density at radius 2 is 1.67 bits per heavy atom. The van der Waals surface area contributed by atoms with E-state index in [2.05, 4.69) is 5.32 Å². The van der Waals surface area contributed by atoms with Crippen molar-refractivity contribution in [3.63, 3.8) is 0 Å². The summed E-state index contributed by atoms with van der Waals surface area (Å²) in [6.45, 7) is 3.53. The van der Waals surface area contributed by atoms with Crippen LogP contribution < -0.4 is 5.32 Å². The number of carbonyl (C=O) groups excluding carboxylic acids is 2. The molecule has 3 rings (SSSR count). The molecule has 142 valence electrons. The van der Waals surface area contributed by atoms with Crippen molar-refractivity contribution in [1.29, 1.82) is 0 Å². The molecule has 6 heteroatoms. The van der Waals surface area contributed by atoms with Gasteiger partial charge in [0.25, 0.3) is 5.91 Å². The molecule has 1 fully saturated rings. The molecule has 2 aromatic rings. The summed E-state index contributed by atoms with van der Waals surface area (Å²) in [5.74, 6) is -0.155. The molecule has 1 saturated heterocycles. The Bertz CT molecular complexity index is 759. The van der Waals surface area contributed by atoms with Gasteiger partial charge in [0.2, 0.25) is 5.91 Å². The van der Waals surface area contributed by atoms with Gasteiger partial charge < -0.3 is 15.1 Å². The van der Waals surface area contributed by atoms with Gasteiger partial charge in [-0.1, -0.05) is 41.9 Å². The van der Waals surface area contributed by atoms with Gasteiger partial charge in [-0.25, -0.2) is 0 Å². The van der Waals surface area contributed by atoms with Gasteiger partial charge >= 0.3 is 0 Å². The molecule has 0 bridgehead atoms. The molecule has 0 spiro atoms. The topological polar surface area (TPSA) is 52.7 Å². The smallest absolute Gasteiger partial charge is 0.254 e. The quantitative estimate of drug-likeness (QED) is 0.831. The normalized spacial score (nSPS) is 14.0. The molecule has 0 aromatic heterocycles. The van der Waals surface area contributed by atoms with Crippen molar-refractivity contribution in [2.75, 3.05) is 39.3 Å². The highest BCUT2D eigenvalue weighted by atomic mass is 35.5. The molecule has 27 heavy (non-hydrogen) atoms. The number of carbonyl (C=O) groups is 2. The maximum absolute atomic E-state index is 13.0. The maximum Gasteiger partial charge on any atom is 0.254 e. The van der Waals surface area contributed by atoms with Gasteiger partial charge in [0.05, 0.1) is 0 Å². The number of nitrogens with one attached hydrogen (secondary N) is 1. The fraction of sp³-hybridized carbons (Fsp3) is 0.333. The molecule has 0 radical (unpaired) electrons. The molecule has 0 saturated carbocycles. The van der Waals surface area contributed by atoms with Crippen LogP contribution in [0.25, 0.3) is 0 Å². The van der Waals surface area contributed by atoms with E-state index < -0.39 is 0 Å². The summed E-state index contributed by atoms with van der Waals surface area (Å²) < 4.78 is 0. The molecular formula is C21H24ClN3O2. The fourth-order valence-corrected chi connectivity index (χ4v) is 3.24. The average Bonchev–Trinajstić information content (AvgIpc) is 2.72. The average molecular weight is 386 g/mol. The predicted octanol–water partition coefficient (Wildman–Crippen LogP) is 2.46. The molecule has 0 unspecified atom stereocenters. The highest BCUT2D eigenvalue weighted by molar-refractivity contribution is 6.30. The summed E-state index contributed by atoms with van der Waals surface area (Å²) in [5, 5.41) is 3.82. The number of hydrogen-bond acceptors (Lipinski definition) is 3. The lowest BCUT2D eigenvalue weighted by Gasteiger charge is -2.30. The Morgan fingerprint density at radius 3 is 2.33 bits per heavy atom. The summed E-state index contributed by atoms with van der Waals surface area (Å²) in [6, 6.07) is 16.8. The van der Waals surface area contributed by atoms with Gasteiger partial charge in [0.1, 0.15) is 6.54 Å². The Morgan fingerprint density at radius 1 is 1.00 bits per heavy atom. The Hall–Kier alpha value is -2.37. The molecule has 0 aliphatic carbocycles. The number of amides is 2. The number of nitrogens with zero attached hydrogens (tertiary/aromatic N) is 2. The van der Waals surface area contributed by atoms with Crippen molar-refractivity contribution >= 4 is 23.4 Å². The van der Waals surface area contributed by atoms with E-state index in [1.165, 1.54) is 0 Å². The van der Waals surface area contributed by atoms with Crippen LogP contribution in [0, 0.1) is 0 Å². The molecule has 2 amide bonds. The minimum absolute atomic E-state index is 0.00752. The third kappa shape index (κ3) is 5.55. The summed E-state index contributed by atoms with van der Waals surface area (Å²) in [5.41, 5.74) is 1.68. The van der Waals surface area contributed by atoms with E-state index in [0.29, 0.717) is 36.6 Å². The molecule has 1 heterocycles. The largest absolute Gasteiger partial charge is 0.339 e. The highest BCUT2D eigenvalue weighted by Crippen LogP contribution is 2.13. The van der Waals surface area contributed by atoms with E-state index >= 15 is 0 Å². The van der Waals surface area contributed by atoms with Crippen LogP contribution >= 0.6 is 11.6 Å². The number of rotatable bonds is 6. The van der Waals surface area contributed by atoms with Crippen LogP contribution in [0.15, 0.2) is 54.6 Å². The first-order chi connectivity index (χ1) is 13.1. The zero-order valence-electron chi connectivity index (χ0n) is 15.2. The van der Waals surface area contributed by atoms with Crippen LogP contribution in [0.1, 0.15) is 15.9 Å². The van der Waals surface area contributed by atoms with Gasteiger partial charge in [0.15, 0.2) is 0 Å². The Kier molecular flexibility index (Phi) is 6.85. The van der Waals surface area contributed by atoms with E-state index in [1.807, 2.05) is 35.2 Å². The first-order valence-electron chi connectivity index (χ1n) is 9.21. The zero-order valence-corrected chi connectivity index (χ0v) is 16.0. The number of hydrogen-bond donors (Lipinski definition) is 1. The van der Waals surface area contributed by atoms with E-state index in [-0.39, 0.29) is 18.4 Å². The lowest BCUT2D eigenvalue weighted by molar-refractivity contribution is -0.132. The van der Waals surface area contributed by atoms with Crippen LogP contribution in [0.3, 0.4) is 0 Å². The van der Waals surface area contributed by atoms with Gasteiger partial charge in [-0.3, -0.25) is 9.59 Å². The summed E-state index contributed by atoms with van der Waals surface area (Å²) >= 11 is 5.93. The van der Waals surface area contributed by atoms with Gasteiger partial charge in [-0.05, 0) is 36.2 Å². The van der Waals surface area contributed by atoms with Crippen LogP contribution in [-0.4, -0.2) is 60.9 Å². The first kappa shape index (κ1) is 19.4. The molecule has 1 aliphatic heterocycles. The lowest BCUT2D eigenvalue weighted by Crippen LogP contribution is -2.50. The van der Waals surface area contributed by atoms with Crippen LogP contribution in [-0.2, 0) is 11.2 Å². The number of piperazine rings is 1. The summed E-state index contributed by atoms with van der Waals surface area (Å²) in [7, 11) is 0. The summed E-state index contributed by atoms with van der Waals surface area (Å²) in [6.07, 6.45) is 0.703. The second-order valence-electron chi connectivity index (χ2n) is 6.60. The third-order valence-corrected chi connectivity index (χ3v) is 4.94. The van der Waals surface area contributed by atoms with Crippen molar-refractivity contribution in [3.05, 3.63) is 70.7 Å². The standard InChI is InChI=1S/C21H24ClN3O2/c22-19-8-6-18(7-9-19)21(27)25(13-10-17-4-2-1-3-5-17)16-20(26)24-14-11-23-12-15-24/h1-9,23H,10-16H2. The number of benzene rings is 2. The van der Waals surface area contributed by atoms with Crippen molar-refractivity contribution < 1.29 is 9.59 Å². The van der Waals surface area contributed by atoms with E-state index in [1.54, 1.807) is 29.2 Å². The van der Waals surface area contributed by atoms with Crippen molar-refractivity contribution in [2.45, 2.75) is 6.42 Å². The van der Waals surface area contributed by atoms with E-state index in [0.717, 1.165) is 18.7 Å². The van der Waals surface area contributed by atoms with Crippen LogP contribution in [0.5, 0.6) is 0 Å². The minimum Gasteiger partial charge on any atom is -0.339 e. The monoisotopic (exact) mass is 385 g/mol. The number of halogens is 1. The molecular weight excluding hydrogens is 362 g/mol. The molecule has 5 nitrogen and oxygen atoms in total. The zero-order chi connectivity index (χ0) is 19.1. The van der Waals surface area contributed by atoms with Crippen LogP contribution in [0.2, 0.25) is 5.02 Å². The Labute approximate surface area is 164 Å². The fourth-order valence-electron chi connectivity index (χ4n) is 3.11. The van der Waals surface area contributed by atoms with Crippen molar-refractivity contribution in [1.82, 2.24) is 15.1 Å². The second kappa shape index (κ2) is 9.53. The highest BCUT2D eigenvalue weighted by Gasteiger charge is 2.23. The summed E-state index contributed by atoms with van der Waals surface area (Å²) in [4.78, 5) is 29.1. The minimum atomic E-state index is -0.147. The predicted molar refractivity (Wildman–Crippen MR) is 107 cm³/mol. The van der Waals surface area contributed by atoms with Crippen molar-refractivity contribution in [3.8, 4) is 0 Å². The van der Waals surface area contributed by atoms with Crippen molar-refractivity contribution in [2.24, 2.45) is 0 Å². The van der Waals surface area contributed by atoms with Gasteiger partial charge in [-0.15, -0.1) is 0 Å². The maximum atomic E-state index is 13.0. The molecule has 1 N–H and O–H groups in total. The van der Waals surface area contributed by atoms with E-state index in [9.17, 15) is 9.59 Å². The lowest BCUT2D eigenvalue weighted by atomic mass is 10.1. The van der Waals surface area contributed by atoms with E-state index in [4.69, 9.17) is 11.6 Å². The van der Waals surface area contributed by atoms with Crippen LogP contribution in [0.4, 0.5) is 0 Å². The van der Waals surface area contributed by atoms with Gasteiger partial charge in [0, 0.05) is 43.3 Å². The molecule has 2 aromatic carbocycles. The Balaban J connectivity index is 1.71.